The molecule has 0 amide bonds. The van der Waals surface area contributed by atoms with Gasteiger partial charge in [0.1, 0.15) is 17.3 Å². The van der Waals surface area contributed by atoms with Crippen LogP contribution in [0.4, 0.5) is 4.39 Å². The van der Waals surface area contributed by atoms with Crippen LogP contribution in [0.5, 0.6) is 0 Å². The highest BCUT2D eigenvalue weighted by Gasteiger charge is 2.61. The van der Waals surface area contributed by atoms with Crippen LogP contribution in [0.25, 0.3) is 11.3 Å². The SMILES string of the molecule is CCn1nc(-c2cncc(F)c2)cc1C1C2CC(N3CCC4(C3)C[S+]([O-])C4)CC21. The zero-order valence-electron chi connectivity index (χ0n) is 16.8. The van der Waals surface area contributed by atoms with Gasteiger partial charge in [0.2, 0.25) is 0 Å². The third-order valence-electron chi connectivity index (χ3n) is 7.79. The molecular formula is C22H27FN4OS. The standard InChI is InChI=1S/C22H27FN4OS/c1-2-27-20(8-19(25-27)14-5-15(23)10-24-9-14)21-17-6-16(7-18(17)21)26-4-3-22(11-26)12-29(28)13-22/h5,8-10,16-18,21H,2-4,6-7,11-13H2,1H3. The van der Waals surface area contributed by atoms with Crippen LogP contribution in [0.2, 0.25) is 0 Å². The number of pyridine rings is 1. The summed E-state index contributed by atoms with van der Waals surface area (Å²) in [5.41, 5.74) is 3.27. The van der Waals surface area contributed by atoms with Gasteiger partial charge in [-0.3, -0.25) is 14.6 Å². The van der Waals surface area contributed by atoms with E-state index in [2.05, 4.69) is 27.6 Å². The molecule has 0 radical (unpaired) electrons. The van der Waals surface area contributed by atoms with E-state index in [-0.39, 0.29) is 5.82 Å². The van der Waals surface area contributed by atoms with Crippen molar-refractivity contribution in [2.45, 2.75) is 44.7 Å². The molecule has 154 valence electrons. The molecule has 2 aromatic rings. The van der Waals surface area contributed by atoms with Crippen LogP contribution in [-0.4, -0.2) is 54.9 Å². The average molecular weight is 415 g/mol. The summed E-state index contributed by atoms with van der Waals surface area (Å²) >= 11 is -0.550. The molecule has 2 aromatic heterocycles. The lowest BCUT2D eigenvalue weighted by atomic mass is 9.91. The van der Waals surface area contributed by atoms with Crippen molar-refractivity contribution in [2.75, 3.05) is 24.6 Å². The predicted molar refractivity (Wildman–Crippen MR) is 110 cm³/mol. The first-order chi connectivity index (χ1) is 14.0. The summed E-state index contributed by atoms with van der Waals surface area (Å²) in [6.45, 7) is 5.31. The van der Waals surface area contributed by atoms with Crippen LogP contribution in [-0.2, 0) is 17.7 Å². The first-order valence-corrected chi connectivity index (χ1v) is 12.3. The van der Waals surface area contributed by atoms with E-state index in [1.54, 1.807) is 6.20 Å². The summed E-state index contributed by atoms with van der Waals surface area (Å²) in [6, 6.07) is 4.38. The van der Waals surface area contributed by atoms with Crippen molar-refractivity contribution in [3.63, 3.8) is 0 Å². The lowest BCUT2D eigenvalue weighted by Crippen LogP contribution is -2.50. The Kier molecular flexibility index (Phi) is 4.13. The Balaban J connectivity index is 1.15. The maximum atomic E-state index is 13.6. The number of hydrogen-bond acceptors (Lipinski definition) is 4. The molecule has 4 heterocycles. The van der Waals surface area contributed by atoms with E-state index in [4.69, 9.17) is 5.10 Å². The summed E-state index contributed by atoms with van der Waals surface area (Å²) in [4.78, 5) is 6.67. The fraction of sp³-hybridized carbons (Fsp3) is 0.636. The first kappa shape index (κ1) is 18.3. The highest BCUT2D eigenvalue weighted by atomic mass is 32.2. The molecule has 0 aromatic carbocycles. The van der Waals surface area contributed by atoms with Gasteiger partial charge < -0.3 is 4.55 Å². The molecule has 4 fully saturated rings. The van der Waals surface area contributed by atoms with E-state index < -0.39 is 11.2 Å². The Morgan fingerprint density at radius 3 is 2.72 bits per heavy atom. The average Bonchev–Trinajstić information content (AvgIpc) is 3.13. The van der Waals surface area contributed by atoms with Crippen LogP contribution < -0.4 is 0 Å². The number of aromatic nitrogens is 3. The lowest BCUT2D eigenvalue weighted by molar-refractivity contribution is 0.201. The van der Waals surface area contributed by atoms with Crippen molar-refractivity contribution < 1.29 is 8.94 Å². The molecule has 4 aliphatic rings. The Bertz CT molecular complexity index is 931. The molecule has 29 heavy (non-hydrogen) atoms. The van der Waals surface area contributed by atoms with Crippen molar-refractivity contribution in [3.8, 4) is 11.3 Å². The van der Waals surface area contributed by atoms with Crippen LogP contribution in [0.1, 0.15) is 37.8 Å². The molecular weight excluding hydrogens is 387 g/mol. The van der Waals surface area contributed by atoms with E-state index in [9.17, 15) is 8.94 Å². The normalized spacial score (nSPS) is 38.4. The Labute approximate surface area is 173 Å². The minimum Gasteiger partial charge on any atom is -0.616 e. The van der Waals surface area contributed by atoms with Crippen LogP contribution in [0, 0.1) is 23.1 Å². The van der Waals surface area contributed by atoms with Gasteiger partial charge in [0, 0.05) is 42.5 Å². The van der Waals surface area contributed by atoms with Gasteiger partial charge in [-0.1, -0.05) is 11.2 Å². The third kappa shape index (κ3) is 2.96. The monoisotopic (exact) mass is 414 g/mol. The summed E-state index contributed by atoms with van der Waals surface area (Å²) in [7, 11) is 0. The molecule has 2 aliphatic heterocycles. The largest absolute Gasteiger partial charge is 0.616 e. The number of aryl methyl sites for hydroxylation is 1. The maximum absolute atomic E-state index is 13.6. The predicted octanol–water partition coefficient (Wildman–Crippen LogP) is 3.05. The van der Waals surface area contributed by atoms with Crippen molar-refractivity contribution in [3.05, 3.63) is 36.0 Å². The number of halogens is 1. The van der Waals surface area contributed by atoms with Crippen molar-refractivity contribution in [1.29, 1.82) is 0 Å². The molecule has 2 atom stereocenters. The first-order valence-electron chi connectivity index (χ1n) is 10.8. The molecule has 0 bridgehead atoms. The van der Waals surface area contributed by atoms with Crippen LogP contribution >= 0.6 is 0 Å². The summed E-state index contributed by atoms with van der Waals surface area (Å²) in [5, 5.41) is 4.74. The molecule has 2 saturated heterocycles. The van der Waals surface area contributed by atoms with E-state index in [0.29, 0.717) is 17.4 Å². The fourth-order valence-corrected chi connectivity index (χ4v) is 8.11. The van der Waals surface area contributed by atoms with Gasteiger partial charge in [0.25, 0.3) is 0 Å². The number of likely N-dealkylation sites (tertiary alicyclic amines) is 1. The summed E-state index contributed by atoms with van der Waals surface area (Å²) in [5.74, 6) is 3.65. The second-order valence-corrected chi connectivity index (χ2v) is 11.0. The Morgan fingerprint density at radius 1 is 1.24 bits per heavy atom. The second-order valence-electron chi connectivity index (χ2n) is 9.59. The molecule has 6 rings (SSSR count). The topological polar surface area (TPSA) is 57.0 Å². The quantitative estimate of drug-likeness (QED) is 0.722. The van der Waals surface area contributed by atoms with Gasteiger partial charge in [-0.15, -0.1) is 0 Å². The smallest absolute Gasteiger partial charge is 0.142 e. The molecule has 7 heteroatoms. The van der Waals surface area contributed by atoms with Gasteiger partial charge >= 0.3 is 0 Å². The van der Waals surface area contributed by atoms with Crippen molar-refractivity contribution in [1.82, 2.24) is 19.7 Å². The minimum atomic E-state index is -0.550. The van der Waals surface area contributed by atoms with Crippen LogP contribution in [0.15, 0.2) is 24.5 Å². The third-order valence-corrected chi connectivity index (χ3v) is 9.66. The van der Waals surface area contributed by atoms with E-state index in [0.717, 1.165) is 47.7 Å². The number of nitrogens with zero attached hydrogens (tertiary/aromatic N) is 4. The molecule has 1 spiro atoms. The van der Waals surface area contributed by atoms with E-state index >= 15 is 0 Å². The Hall–Kier alpha value is -1.44. The van der Waals surface area contributed by atoms with E-state index in [1.807, 2.05) is 0 Å². The molecule has 0 N–H and O–H groups in total. The number of rotatable bonds is 4. The van der Waals surface area contributed by atoms with Crippen molar-refractivity contribution >= 4 is 11.2 Å². The number of fused-ring (bicyclic) bond motifs is 1. The van der Waals surface area contributed by atoms with Gasteiger partial charge in [0.15, 0.2) is 0 Å². The van der Waals surface area contributed by atoms with Gasteiger partial charge in [-0.25, -0.2) is 4.39 Å². The minimum absolute atomic E-state index is 0.320. The summed E-state index contributed by atoms with van der Waals surface area (Å²) < 4.78 is 27.3. The van der Waals surface area contributed by atoms with E-state index in [1.165, 1.54) is 43.8 Å². The molecule has 2 saturated carbocycles. The lowest BCUT2D eigenvalue weighted by Gasteiger charge is -2.39. The summed E-state index contributed by atoms with van der Waals surface area (Å²) in [6.07, 6.45) is 6.72. The van der Waals surface area contributed by atoms with Crippen molar-refractivity contribution in [2.24, 2.45) is 17.3 Å². The van der Waals surface area contributed by atoms with Gasteiger partial charge in [-0.05, 0) is 56.7 Å². The zero-order chi connectivity index (χ0) is 19.8. The van der Waals surface area contributed by atoms with Gasteiger partial charge in [-0.2, -0.15) is 5.10 Å². The Morgan fingerprint density at radius 2 is 2.03 bits per heavy atom. The highest BCUT2D eigenvalue weighted by molar-refractivity contribution is 7.92. The highest BCUT2D eigenvalue weighted by Crippen LogP contribution is 2.64. The molecule has 2 aliphatic carbocycles. The zero-order valence-corrected chi connectivity index (χ0v) is 17.6. The molecule has 2 unspecified atom stereocenters. The molecule has 5 nitrogen and oxygen atoms in total. The fourth-order valence-electron chi connectivity index (χ4n) is 6.35. The van der Waals surface area contributed by atoms with Crippen LogP contribution in [0.3, 0.4) is 0 Å². The van der Waals surface area contributed by atoms with Gasteiger partial charge in [0.05, 0.1) is 17.3 Å². The maximum Gasteiger partial charge on any atom is 0.142 e. The number of hydrogen-bond donors (Lipinski definition) is 0. The second kappa shape index (κ2) is 6.53.